The fourth-order valence-electron chi connectivity index (χ4n) is 1.36. The molecular formula is C11H14ClNO2S. The van der Waals surface area contributed by atoms with Crippen molar-refractivity contribution in [3.63, 3.8) is 0 Å². The van der Waals surface area contributed by atoms with Crippen molar-refractivity contribution in [2.24, 2.45) is 0 Å². The van der Waals surface area contributed by atoms with Crippen LogP contribution in [0.1, 0.15) is 18.9 Å². The van der Waals surface area contributed by atoms with Gasteiger partial charge in [0.2, 0.25) is 0 Å². The molecule has 0 amide bonds. The highest BCUT2D eigenvalue weighted by molar-refractivity contribution is 8.00. The van der Waals surface area contributed by atoms with Crippen molar-refractivity contribution < 1.29 is 4.92 Å². The summed E-state index contributed by atoms with van der Waals surface area (Å²) in [5.41, 5.74) is 0.919. The summed E-state index contributed by atoms with van der Waals surface area (Å²) in [7, 11) is 0. The van der Waals surface area contributed by atoms with E-state index in [9.17, 15) is 10.1 Å². The van der Waals surface area contributed by atoms with Crippen molar-refractivity contribution in [3.05, 3.63) is 33.9 Å². The lowest BCUT2D eigenvalue weighted by molar-refractivity contribution is -0.385. The molecule has 1 aromatic rings. The van der Waals surface area contributed by atoms with Gasteiger partial charge in [0.25, 0.3) is 5.69 Å². The van der Waals surface area contributed by atoms with Gasteiger partial charge in [0.1, 0.15) is 0 Å². The Labute approximate surface area is 104 Å². The summed E-state index contributed by atoms with van der Waals surface area (Å²) >= 11 is 7.30. The van der Waals surface area contributed by atoms with Crippen molar-refractivity contribution >= 4 is 29.1 Å². The highest BCUT2D eigenvalue weighted by atomic mass is 35.5. The fraction of sp³-hybridized carbons (Fsp3) is 0.455. The van der Waals surface area contributed by atoms with Gasteiger partial charge in [-0.1, -0.05) is 13.0 Å². The second-order valence-corrected chi connectivity index (χ2v) is 5.42. The molecule has 1 aromatic carbocycles. The van der Waals surface area contributed by atoms with Gasteiger partial charge < -0.3 is 0 Å². The molecule has 0 aliphatic rings. The van der Waals surface area contributed by atoms with Crippen LogP contribution in [0.3, 0.4) is 0 Å². The Hall–Kier alpha value is -0.740. The van der Waals surface area contributed by atoms with Gasteiger partial charge in [-0.25, -0.2) is 0 Å². The van der Waals surface area contributed by atoms with Crippen molar-refractivity contribution in [2.45, 2.75) is 30.4 Å². The first kappa shape index (κ1) is 13.3. The third kappa shape index (κ3) is 3.39. The number of hydrogen-bond donors (Lipinski definition) is 0. The third-order valence-corrected chi connectivity index (χ3v) is 3.85. The lowest BCUT2D eigenvalue weighted by Gasteiger charge is -2.11. The smallest absolute Gasteiger partial charge is 0.258 e. The van der Waals surface area contributed by atoms with Crippen LogP contribution < -0.4 is 0 Å². The van der Waals surface area contributed by atoms with Crippen LogP contribution in [-0.2, 0) is 0 Å². The Bertz CT molecular complexity index is 384. The van der Waals surface area contributed by atoms with Crippen LogP contribution >= 0.6 is 23.4 Å². The van der Waals surface area contributed by atoms with Crippen molar-refractivity contribution in [1.82, 2.24) is 0 Å². The summed E-state index contributed by atoms with van der Waals surface area (Å²) in [5, 5.41) is 11.1. The van der Waals surface area contributed by atoms with Crippen LogP contribution in [0.15, 0.2) is 23.1 Å². The van der Waals surface area contributed by atoms with Gasteiger partial charge in [-0.2, -0.15) is 0 Å². The molecule has 1 unspecified atom stereocenters. The number of nitro groups is 1. The zero-order chi connectivity index (χ0) is 12.1. The maximum atomic E-state index is 10.8. The molecule has 0 spiro atoms. The number of alkyl halides is 1. The first-order valence-corrected chi connectivity index (χ1v) is 6.44. The summed E-state index contributed by atoms with van der Waals surface area (Å²) in [5.74, 6) is 0.613. The van der Waals surface area contributed by atoms with Crippen molar-refractivity contribution in [1.29, 1.82) is 0 Å². The quantitative estimate of drug-likeness (QED) is 0.347. The first-order chi connectivity index (χ1) is 7.56. The fourth-order valence-corrected chi connectivity index (χ4v) is 2.92. The lowest BCUT2D eigenvalue weighted by atomic mass is 10.2. The van der Waals surface area contributed by atoms with Crippen molar-refractivity contribution in [3.8, 4) is 0 Å². The molecule has 0 aliphatic carbocycles. The number of halogens is 1. The standard InChI is InChI=1S/C11H14ClNO2S/c1-8(6-7-12)16-11-5-3-4-10(9(11)2)13(14)15/h3-5,8H,6-7H2,1-2H3. The number of rotatable bonds is 5. The summed E-state index contributed by atoms with van der Waals surface area (Å²) in [6, 6.07) is 5.17. The predicted octanol–water partition coefficient (Wildman–Crippen LogP) is 4.01. The first-order valence-electron chi connectivity index (χ1n) is 5.03. The molecule has 0 heterocycles. The van der Waals surface area contributed by atoms with E-state index in [1.54, 1.807) is 24.8 Å². The van der Waals surface area contributed by atoms with E-state index >= 15 is 0 Å². The van der Waals surface area contributed by atoms with E-state index < -0.39 is 0 Å². The number of benzene rings is 1. The van der Waals surface area contributed by atoms with Crippen LogP contribution in [0.2, 0.25) is 0 Å². The molecule has 1 rings (SSSR count). The zero-order valence-corrected chi connectivity index (χ0v) is 10.8. The van der Waals surface area contributed by atoms with Gasteiger partial charge in [-0.15, -0.1) is 23.4 Å². The Balaban J connectivity index is 2.89. The molecule has 0 fully saturated rings. The average molecular weight is 260 g/mol. The topological polar surface area (TPSA) is 43.1 Å². The van der Waals surface area contributed by atoms with E-state index in [2.05, 4.69) is 6.92 Å². The van der Waals surface area contributed by atoms with Gasteiger partial charge in [0.15, 0.2) is 0 Å². The van der Waals surface area contributed by atoms with Crippen LogP contribution in [0.25, 0.3) is 0 Å². The van der Waals surface area contributed by atoms with Crippen LogP contribution in [-0.4, -0.2) is 16.1 Å². The molecule has 0 N–H and O–H groups in total. The Morgan fingerprint density at radius 3 is 2.81 bits per heavy atom. The van der Waals surface area contributed by atoms with E-state index in [1.807, 2.05) is 6.07 Å². The number of thioether (sulfide) groups is 1. The van der Waals surface area contributed by atoms with E-state index in [4.69, 9.17) is 11.6 Å². The molecule has 16 heavy (non-hydrogen) atoms. The summed E-state index contributed by atoms with van der Waals surface area (Å²) in [4.78, 5) is 11.4. The second kappa shape index (κ2) is 6.11. The van der Waals surface area contributed by atoms with E-state index in [0.717, 1.165) is 16.9 Å². The molecule has 0 saturated carbocycles. The van der Waals surface area contributed by atoms with E-state index in [1.165, 1.54) is 6.07 Å². The molecule has 3 nitrogen and oxygen atoms in total. The van der Waals surface area contributed by atoms with Gasteiger partial charge >= 0.3 is 0 Å². The molecule has 0 radical (unpaired) electrons. The Kier molecular flexibility index (Phi) is 5.09. The molecule has 0 bridgehead atoms. The molecule has 88 valence electrons. The van der Waals surface area contributed by atoms with Gasteiger partial charge in [0, 0.05) is 27.7 Å². The van der Waals surface area contributed by atoms with Crippen LogP contribution in [0, 0.1) is 17.0 Å². The zero-order valence-electron chi connectivity index (χ0n) is 9.27. The van der Waals surface area contributed by atoms with E-state index in [0.29, 0.717) is 11.1 Å². The van der Waals surface area contributed by atoms with Gasteiger partial charge in [-0.05, 0) is 19.4 Å². The number of hydrogen-bond acceptors (Lipinski definition) is 3. The lowest BCUT2D eigenvalue weighted by Crippen LogP contribution is -1.99. The second-order valence-electron chi connectivity index (χ2n) is 3.56. The molecular weight excluding hydrogens is 246 g/mol. The maximum absolute atomic E-state index is 10.8. The van der Waals surface area contributed by atoms with E-state index in [-0.39, 0.29) is 10.6 Å². The molecule has 0 aliphatic heterocycles. The SMILES string of the molecule is Cc1c(SC(C)CCCl)cccc1[N+](=O)[O-]. The number of nitrogens with zero attached hydrogens (tertiary/aromatic N) is 1. The normalized spacial score (nSPS) is 12.4. The molecule has 1 atom stereocenters. The molecule has 0 aromatic heterocycles. The summed E-state index contributed by atoms with van der Waals surface area (Å²) in [6.07, 6.45) is 0.897. The maximum Gasteiger partial charge on any atom is 0.273 e. The van der Waals surface area contributed by atoms with Crippen LogP contribution in [0.5, 0.6) is 0 Å². The largest absolute Gasteiger partial charge is 0.273 e. The minimum Gasteiger partial charge on any atom is -0.258 e. The Morgan fingerprint density at radius 2 is 2.25 bits per heavy atom. The summed E-state index contributed by atoms with van der Waals surface area (Å²) < 4.78 is 0. The minimum atomic E-state index is -0.342. The van der Waals surface area contributed by atoms with Crippen molar-refractivity contribution in [2.75, 3.05) is 5.88 Å². The third-order valence-electron chi connectivity index (χ3n) is 2.30. The van der Waals surface area contributed by atoms with Gasteiger partial charge in [0.05, 0.1) is 4.92 Å². The average Bonchev–Trinajstić information content (AvgIpc) is 2.21. The minimum absolute atomic E-state index is 0.183. The highest BCUT2D eigenvalue weighted by Crippen LogP contribution is 2.32. The number of nitro benzene ring substituents is 1. The Morgan fingerprint density at radius 1 is 1.56 bits per heavy atom. The highest BCUT2D eigenvalue weighted by Gasteiger charge is 2.15. The predicted molar refractivity (Wildman–Crippen MR) is 68.5 cm³/mol. The van der Waals surface area contributed by atoms with Gasteiger partial charge in [-0.3, -0.25) is 10.1 Å². The molecule has 5 heteroatoms. The monoisotopic (exact) mass is 259 g/mol. The molecule has 0 saturated heterocycles. The van der Waals surface area contributed by atoms with Crippen LogP contribution in [0.4, 0.5) is 5.69 Å². The summed E-state index contributed by atoms with van der Waals surface area (Å²) in [6.45, 7) is 3.86.